The standard InChI is InChI=1S/C12H14BrN2OP/c1-14-11-7-15-10-6-8(13)4-5-9(10)12(11)17(2,3)16/h4-7,14H,1-3H3. The summed E-state index contributed by atoms with van der Waals surface area (Å²) in [5.74, 6) is 0. The highest BCUT2D eigenvalue weighted by molar-refractivity contribution is 9.10. The number of nitrogens with zero attached hydrogens (tertiary/aromatic N) is 1. The Hall–Kier alpha value is -0.860. The van der Waals surface area contributed by atoms with Gasteiger partial charge in [-0.1, -0.05) is 22.0 Å². The maximum Gasteiger partial charge on any atom is 0.112 e. The third-order valence-electron chi connectivity index (χ3n) is 2.61. The van der Waals surface area contributed by atoms with Crippen molar-refractivity contribution in [1.82, 2.24) is 4.98 Å². The summed E-state index contributed by atoms with van der Waals surface area (Å²) >= 11 is 3.42. The first-order chi connectivity index (χ1) is 7.93. The highest BCUT2D eigenvalue weighted by Gasteiger charge is 2.19. The molecular weight excluding hydrogens is 299 g/mol. The van der Waals surface area contributed by atoms with Crippen molar-refractivity contribution in [3.63, 3.8) is 0 Å². The summed E-state index contributed by atoms with van der Waals surface area (Å²) in [4.78, 5) is 4.37. The van der Waals surface area contributed by atoms with E-state index in [-0.39, 0.29) is 0 Å². The number of nitrogens with one attached hydrogen (secondary N) is 1. The Kier molecular flexibility index (Phi) is 3.28. The van der Waals surface area contributed by atoms with Crippen molar-refractivity contribution < 1.29 is 4.57 Å². The molecule has 0 atom stereocenters. The first-order valence-corrected chi connectivity index (χ1v) is 8.64. The Labute approximate surface area is 109 Å². The molecule has 0 saturated carbocycles. The molecule has 0 fully saturated rings. The maximum absolute atomic E-state index is 12.4. The van der Waals surface area contributed by atoms with Gasteiger partial charge in [-0.25, -0.2) is 0 Å². The minimum Gasteiger partial charge on any atom is -0.386 e. The van der Waals surface area contributed by atoms with E-state index in [1.807, 2.05) is 25.2 Å². The zero-order chi connectivity index (χ0) is 12.6. The second kappa shape index (κ2) is 4.43. The monoisotopic (exact) mass is 312 g/mol. The smallest absolute Gasteiger partial charge is 0.112 e. The topological polar surface area (TPSA) is 42.0 Å². The van der Waals surface area contributed by atoms with E-state index in [2.05, 4.69) is 26.2 Å². The number of halogens is 1. The van der Waals surface area contributed by atoms with Crippen LogP contribution in [0.5, 0.6) is 0 Å². The minimum atomic E-state index is -2.35. The van der Waals surface area contributed by atoms with Gasteiger partial charge >= 0.3 is 0 Å². The van der Waals surface area contributed by atoms with Crippen molar-refractivity contribution in [2.45, 2.75) is 0 Å². The maximum atomic E-state index is 12.4. The number of hydrogen-bond acceptors (Lipinski definition) is 3. The van der Waals surface area contributed by atoms with E-state index in [9.17, 15) is 4.57 Å². The van der Waals surface area contributed by atoms with Gasteiger partial charge in [0, 0.05) is 22.2 Å². The highest BCUT2D eigenvalue weighted by Crippen LogP contribution is 2.40. The number of aromatic nitrogens is 1. The fraction of sp³-hybridized carbons (Fsp3) is 0.250. The van der Waals surface area contributed by atoms with Crippen molar-refractivity contribution in [3.05, 3.63) is 28.9 Å². The van der Waals surface area contributed by atoms with Gasteiger partial charge in [0.25, 0.3) is 0 Å². The lowest BCUT2D eigenvalue weighted by atomic mass is 10.2. The molecular formula is C12H14BrN2OP. The van der Waals surface area contributed by atoms with Crippen molar-refractivity contribution in [1.29, 1.82) is 0 Å². The molecule has 0 aliphatic carbocycles. The molecule has 0 bridgehead atoms. The summed E-state index contributed by atoms with van der Waals surface area (Å²) in [5, 5.41) is 4.89. The number of pyridine rings is 1. The Morgan fingerprint density at radius 3 is 2.65 bits per heavy atom. The van der Waals surface area contributed by atoms with Crippen LogP contribution in [0.4, 0.5) is 5.69 Å². The van der Waals surface area contributed by atoms with Crippen molar-refractivity contribution in [2.75, 3.05) is 25.7 Å². The molecule has 1 aromatic heterocycles. The van der Waals surface area contributed by atoms with E-state index in [1.54, 1.807) is 19.5 Å². The molecule has 2 aromatic rings. The second-order valence-electron chi connectivity index (χ2n) is 4.28. The predicted octanol–water partition coefficient (Wildman–Crippen LogP) is 3.29. The Bertz CT molecular complexity index is 621. The fourth-order valence-electron chi connectivity index (χ4n) is 1.92. The lowest BCUT2D eigenvalue weighted by Gasteiger charge is -2.15. The van der Waals surface area contributed by atoms with E-state index < -0.39 is 7.14 Å². The van der Waals surface area contributed by atoms with E-state index in [4.69, 9.17) is 0 Å². The molecule has 3 nitrogen and oxygen atoms in total. The van der Waals surface area contributed by atoms with Crippen LogP contribution in [0.1, 0.15) is 0 Å². The molecule has 0 radical (unpaired) electrons. The van der Waals surface area contributed by atoms with Gasteiger partial charge in [0.15, 0.2) is 0 Å². The molecule has 1 N–H and O–H groups in total. The van der Waals surface area contributed by atoms with Gasteiger partial charge in [0.05, 0.1) is 17.4 Å². The van der Waals surface area contributed by atoms with E-state index in [1.165, 1.54) is 0 Å². The third kappa shape index (κ3) is 2.38. The number of hydrogen-bond donors (Lipinski definition) is 1. The predicted molar refractivity (Wildman–Crippen MR) is 78.1 cm³/mol. The SMILES string of the molecule is CNc1cnc2cc(Br)ccc2c1P(C)(C)=O. The first-order valence-electron chi connectivity index (χ1n) is 5.25. The normalized spacial score (nSPS) is 11.8. The van der Waals surface area contributed by atoms with E-state index in [0.717, 1.165) is 26.4 Å². The molecule has 90 valence electrons. The lowest BCUT2D eigenvalue weighted by molar-refractivity contribution is 0.588. The highest BCUT2D eigenvalue weighted by atomic mass is 79.9. The molecule has 1 aromatic carbocycles. The van der Waals surface area contributed by atoms with Crippen molar-refractivity contribution in [3.8, 4) is 0 Å². The van der Waals surface area contributed by atoms with E-state index >= 15 is 0 Å². The summed E-state index contributed by atoms with van der Waals surface area (Å²) in [7, 11) is -0.530. The minimum absolute atomic E-state index is 0.841. The largest absolute Gasteiger partial charge is 0.386 e. The molecule has 0 unspecified atom stereocenters. The molecule has 17 heavy (non-hydrogen) atoms. The summed E-state index contributed by atoms with van der Waals surface area (Å²) in [6, 6.07) is 5.85. The summed E-state index contributed by atoms with van der Waals surface area (Å²) < 4.78 is 13.4. The molecule has 0 amide bonds. The number of fused-ring (bicyclic) bond motifs is 1. The molecule has 0 aliphatic heterocycles. The van der Waals surface area contributed by atoms with Gasteiger partial charge in [0.2, 0.25) is 0 Å². The van der Waals surface area contributed by atoms with Crippen molar-refractivity contribution >= 4 is 45.0 Å². The quantitative estimate of drug-likeness (QED) is 0.865. The Balaban J connectivity index is 2.89. The van der Waals surface area contributed by atoms with Crippen LogP contribution in [-0.2, 0) is 4.57 Å². The van der Waals surface area contributed by atoms with E-state index in [0.29, 0.717) is 0 Å². The van der Waals surface area contributed by atoms with Gasteiger partial charge in [-0.3, -0.25) is 4.98 Å². The molecule has 5 heteroatoms. The third-order valence-corrected chi connectivity index (χ3v) is 4.66. The van der Waals surface area contributed by atoms with Gasteiger partial charge in [-0.15, -0.1) is 0 Å². The van der Waals surface area contributed by atoms with Gasteiger partial charge in [0.1, 0.15) is 7.14 Å². The second-order valence-corrected chi connectivity index (χ2v) is 8.35. The molecule has 0 aliphatic rings. The van der Waals surface area contributed by atoms with Gasteiger partial charge < -0.3 is 9.88 Å². The summed E-state index contributed by atoms with van der Waals surface area (Å²) in [6.45, 7) is 3.56. The van der Waals surface area contributed by atoms with Crippen LogP contribution in [0.15, 0.2) is 28.9 Å². The van der Waals surface area contributed by atoms with Crippen LogP contribution in [0, 0.1) is 0 Å². The van der Waals surface area contributed by atoms with Crippen LogP contribution in [0.3, 0.4) is 0 Å². The average molecular weight is 313 g/mol. The fourth-order valence-corrected chi connectivity index (χ4v) is 3.78. The van der Waals surface area contributed by atoms with Crippen molar-refractivity contribution in [2.24, 2.45) is 0 Å². The Morgan fingerprint density at radius 1 is 1.35 bits per heavy atom. The number of anilines is 1. The van der Waals surface area contributed by atoms with Gasteiger partial charge in [-0.05, 0) is 25.5 Å². The number of benzene rings is 1. The van der Waals surface area contributed by atoms with Crippen LogP contribution in [-0.4, -0.2) is 25.4 Å². The average Bonchev–Trinajstić information content (AvgIpc) is 2.25. The van der Waals surface area contributed by atoms with Crippen LogP contribution >= 0.6 is 23.1 Å². The molecule has 1 heterocycles. The zero-order valence-corrected chi connectivity index (χ0v) is 12.5. The molecule has 0 spiro atoms. The first kappa shape index (κ1) is 12.6. The van der Waals surface area contributed by atoms with Crippen LogP contribution in [0.2, 0.25) is 0 Å². The van der Waals surface area contributed by atoms with Crippen LogP contribution < -0.4 is 10.6 Å². The summed E-state index contributed by atoms with van der Waals surface area (Å²) in [6.07, 6.45) is 1.74. The summed E-state index contributed by atoms with van der Waals surface area (Å²) in [5.41, 5.74) is 1.70. The van der Waals surface area contributed by atoms with Crippen LogP contribution in [0.25, 0.3) is 10.9 Å². The Morgan fingerprint density at radius 2 is 2.06 bits per heavy atom. The number of rotatable bonds is 2. The van der Waals surface area contributed by atoms with Gasteiger partial charge in [-0.2, -0.15) is 0 Å². The molecule has 0 saturated heterocycles. The molecule has 2 rings (SSSR count). The lowest BCUT2D eigenvalue weighted by Crippen LogP contribution is -2.12. The zero-order valence-electron chi connectivity index (χ0n) is 9.99.